The minimum absolute atomic E-state index is 0.0518. The van der Waals surface area contributed by atoms with Gasteiger partial charge >= 0.3 is 0 Å². The fraction of sp³-hybridized carbons (Fsp3) is 0.647. The molecule has 0 spiro atoms. The summed E-state index contributed by atoms with van der Waals surface area (Å²) in [7, 11) is 0. The number of rotatable bonds is 5. The van der Waals surface area contributed by atoms with Crippen molar-refractivity contribution in [2.75, 3.05) is 0 Å². The molecule has 108 valence electrons. The van der Waals surface area contributed by atoms with Crippen LogP contribution in [0.2, 0.25) is 0 Å². The van der Waals surface area contributed by atoms with E-state index >= 15 is 0 Å². The van der Waals surface area contributed by atoms with Crippen molar-refractivity contribution < 1.29 is 10.2 Å². The van der Waals surface area contributed by atoms with Gasteiger partial charge in [-0.05, 0) is 35.3 Å². The highest BCUT2D eigenvalue weighted by Crippen LogP contribution is 2.40. The van der Waals surface area contributed by atoms with E-state index in [2.05, 4.69) is 47.6 Å². The molecule has 0 fully saturated rings. The van der Waals surface area contributed by atoms with Crippen molar-refractivity contribution in [3.05, 3.63) is 28.8 Å². The molecule has 0 aliphatic rings. The van der Waals surface area contributed by atoms with E-state index in [0.29, 0.717) is 5.56 Å². The van der Waals surface area contributed by atoms with Gasteiger partial charge in [0.25, 0.3) is 0 Å². The average Bonchev–Trinajstić information content (AvgIpc) is 2.38. The first-order valence-corrected chi connectivity index (χ1v) is 7.17. The maximum Gasteiger partial charge on any atom is 0.124 e. The molecule has 0 saturated carbocycles. The Morgan fingerprint density at radius 1 is 0.947 bits per heavy atom. The molecule has 0 unspecified atom stereocenters. The highest BCUT2D eigenvalue weighted by atomic mass is 16.3. The Hall–Kier alpha value is -1.02. The predicted octanol–water partition coefficient (Wildman–Crippen LogP) is 4.26. The zero-order valence-corrected chi connectivity index (χ0v) is 13.2. The lowest BCUT2D eigenvalue weighted by Crippen LogP contribution is -2.21. The van der Waals surface area contributed by atoms with Gasteiger partial charge in [-0.2, -0.15) is 0 Å². The largest absolute Gasteiger partial charge is 0.507 e. The lowest BCUT2D eigenvalue weighted by atomic mass is 9.75. The topological polar surface area (TPSA) is 40.5 Å². The highest BCUT2D eigenvalue weighted by molar-refractivity contribution is 5.48. The number of aromatic hydroxyl groups is 1. The maximum atomic E-state index is 10.4. The van der Waals surface area contributed by atoms with E-state index in [1.54, 1.807) is 0 Å². The molecule has 1 aromatic carbocycles. The minimum Gasteiger partial charge on any atom is -0.507 e. The first-order chi connectivity index (χ1) is 8.69. The van der Waals surface area contributed by atoms with Crippen LogP contribution in [-0.2, 0) is 17.4 Å². The van der Waals surface area contributed by atoms with Gasteiger partial charge in [-0.3, -0.25) is 0 Å². The van der Waals surface area contributed by atoms with Crippen LogP contribution in [0.4, 0.5) is 0 Å². The molecule has 0 amide bonds. The number of hydrogen-bond acceptors (Lipinski definition) is 2. The van der Waals surface area contributed by atoms with Crippen molar-refractivity contribution in [1.29, 1.82) is 0 Å². The normalized spacial score (nSPS) is 12.8. The summed E-state index contributed by atoms with van der Waals surface area (Å²) in [6.45, 7) is 12.8. The first kappa shape index (κ1) is 16.0. The van der Waals surface area contributed by atoms with Crippen LogP contribution >= 0.6 is 0 Å². The van der Waals surface area contributed by atoms with Crippen LogP contribution in [-0.4, -0.2) is 10.2 Å². The van der Waals surface area contributed by atoms with E-state index in [-0.39, 0.29) is 23.2 Å². The van der Waals surface area contributed by atoms with Gasteiger partial charge in [0.15, 0.2) is 0 Å². The zero-order valence-electron chi connectivity index (χ0n) is 13.2. The maximum absolute atomic E-state index is 10.4. The third-order valence-corrected chi connectivity index (χ3v) is 4.64. The van der Waals surface area contributed by atoms with Crippen LogP contribution in [0.15, 0.2) is 12.1 Å². The summed E-state index contributed by atoms with van der Waals surface area (Å²) in [5.74, 6) is 0.255. The van der Waals surface area contributed by atoms with Crippen molar-refractivity contribution in [3.63, 3.8) is 0 Å². The summed E-state index contributed by atoms with van der Waals surface area (Å²) in [6, 6.07) is 4.05. The van der Waals surface area contributed by atoms with Gasteiger partial charge < -0.3 is 10.2 Å². The van der Waals surface area contributed by atoms with Gasteiger partial charge in [-0.1, -0.05) is 47.6 Å². The van der Waals surface area contributed by atoms with Crippen molar-refractivity contribution in [2.24, 2.45) is 0 Å². The number of aliphatic hydroxyl groups is 1. The van der Waals surface area contributed by atoms with Gasteiger partial charge in [0.1, 0.15) is 5.75 Å². The zero-order chi connectivity index (χ0) is 14.8. The van der Waals surface area contributed by atoms with Crippen LogP contribution < -0.4 is 0 Å². The molecule has 0 aromatic heterocycles. The molecule has 1 aromatic rings. The van der Waals surface area contributed by atoms with E-state index in [1.807, 2.05) is 6.07 Å². The number of aliphatic hydroxyl groups excluding tert-OH is 1. The minimum atomic E-state index is -0.119. The van der Waals surface area contributed by atoms with Crippen molar-refractivity contribution in [2.45, 2.75) is 71.8 Å². The fourth-order valence-electron chi connectivity index (χ4n) is 2.12. The molecule has 0 aliphatic heterocycles. The summed E-state index contributed by atoms with van der Waals surface area (Å²) >= 11 is 0. The summed E-state index contributed by atoms with van der Waals surface area (Å²) < 4.78 is 0. The molecule has 1 rings (SSSR count). The third-order valence-electron chi connectivity index (χ3n) is 4.64. The fourth-order valence-corrected chi connectivity index (χ4v) is 2.12. The average molecular weight is 264 g/mol. The molecule has 2 nitrogen and oxygen atoms in total. The van der Waals surface area contributed by atoms with Gasteiger partial charge in [0.2, 0.25) is 0 Å². The van der Waals surface area contributed by atoms with E-state index < -0.39 is 0 Å². The first-order valence-electron chi connectivity index (χ1n) is 7.17. The Morgan fingerprint density at radius 3 is 1.89 bits per heavy atom. The van der Waals surface area contributed by atoms with Crippen molar-refractivity contribution >= 4 is 0 Å². The van der Waals surface area contributed by atoms with E-state index in [4.69, 9.17) is 0 Å². The van der Waals surface area contributed by atoms with Gasteiger partial charge in [-0.15, -0.1) is 0 Å². The predicted molar refractivity (Wildman–Crippen MR) is 80.7 cm³/mol. The Labute approximate surface area is 117 Å². The Bertz CT molecular complexity index is 445. The molecule has 0 atom stereocenters. The summed E-state index contributed by atoms with van der Waals surface area (Å²) in [4.78, 5) is 0. The van der Waals surface area contributed by atoms with Gasteiger partial charge in [-0.25, -0.2) is 0 Å². The molecule has 0 bridgehead atoms. The molecular weight excluding hydrogens is 236 g/mol. The smallest absolute Gasteiger partial charge is 0.124 e. The van der Waals surface area contributed by atoms with Crippen LogP contribution in [0.1, 0.15) is 71.1 Å². The molecule has 0 heterocycles. The quantitative estimate of drug-likeness (QED) is 0.834. The third kappa shape index (κ3) is 3.11. The van der Waals surface area contributed by atoms with Gasteiger partial charge in [0, 0.05) is 11.1 Å². The molecule has 19 heavy (non-hydrogen) atoms. The van der Waals surface area contributed by atoms with Crippen molar-refractivity contribution in [1.82, 2.24) is 0 Å². The summed E-state index contributed by atoms with van der Waals surface area (Å²) in [6.07, 6.45) is 1.97. The number of phenols is 1. The second-order valence-electron chi connectivity index (χ2n) is 6.66. The van der Waals surface area contributed by atoms with E-state index in [0.717, 1.165) is 18.4 Å². The Kier molecular flexibility index (Phi) is 4.67. The van der Waals surface area contributed by atoms with Gasteiger partial charge in [0.05, 0.1) is 6.61 Å². The van der Waals surface area contributed by atoms with Crippen molar-refractivity contribution in [3.8, 4) is 5.75 Å². The molecular formula is C17H28O2. The Balaban J connectivity index is 3.52. The molecule has 0 radical (unpaired) electrons. The van der Waals surface area contributed by atoms with Crippen LogP contribution in [0.3, 0.4) is 0 Å². The molecule has 0 aliphatic carbocycles. The van der Waals surface area contributed by atoms with Crippen LogP contribution in [0.5, 0.6) is 5.75 Å². The van der Waals surface area contributed by atoms with Crippen LogP contribution in [0, 0.1) is 0 Å². The number of hydrogen-bond donors (Lipinski definition) is 2. The van der Waals surface area contributed by atoms with E-state index in [1.165, 1.54) is 5.56 Å². The molecule has 2 heteroatoms. The molecule has 2 N–H and O–H groups in total. The second-order valence-corrected chi connectivity index (χ2v) is 6.66. The number of benzene rings is 1. The Morgan fingerprint density at radius 2 is 1.47 bits per heavy atom. The standard InChI is InChI=1S/C17H28O2/c1-7-16(3,4)13-9-12(11-18)15(19)14(10-13)17(5,6)8-2/h9-10,18-19H,7-8,11H2,1-6H3. The second kappa shape index (κ2) is 5.54. The summed E-state index contributed by atoms with van der Waals surface area (Å²) in [5.41, 5.74) is 2.73. The SMILES string of the molecule is CCC(C)(C)c1cc(CO)c(O)c(C(C)(C)CC)c1. The highest BCUT2D eigenvalue weighted by Gasteiger charge is 2.27. The monoisotopic (exact) mass is 264 g/mol. The lowest BCUT2D eigenvalue weighted by molar-refractivity contribution is 0.273. The van der Waals surface area contributed by atoms with Crippen LogP contribution in [0.25, 0.3) is 0 Å². The van der Waals surface area contributed by atoms with E-state index in [9.17, 15) is 10.2 Å². The molecule has 0 saturated heterocycles. The summed E-state index contributed by atoms with van der Waals surface area (Å²) in [5, 5.41) is 19.8. The lowest BCUT2D eigenvalue weighted by Gasteiger charge is -2.30.